The Morgan fingerprint density at radius 2 is 1.78 bits per heavy atom. The number of carbonyl (C=O) groups excluding carboxylic acids is 1. The van der Waals surface area contributed by atoms with Crippen molar-refractivity contribution in [3.8, 4) is 0 Å². The lowest BCUT2D eigenvalue weighted by Gasteiger charge is -2.39. The van der Waals surface area contributed by atoms with Crippen molar-refractivity contribution in [2.45, 2.75) is 47.9 Å². The van der Waals surface area contributed by atoms with Crippen LogP contribution < -0.4 is 4.89 Å². The number of hydrogen-bond acceptors (Lipinski definition) is 6. The predicted molar refractivity (Wildman–Crippen MR) is 105 cm³/mol. The van der Waals surface area contributed by atoms with E-state index in [0.717, 1.165) is 25.9 Å². The zero-order valence-electron chi connectivity index (χ0n) is 15.6. The van der Waals surface area contributed by atoms with Crippen molar-refractivity contribution in [1.29, 1.82) is 0 Å². The summed E-state index contributed by atoms with van der Waals surface area (Å²) in [4.78, 5) is 24.0. The Labute approximate surface area is 165 Å². The Kier molecular flexibility index (Phi) is 7.02. The van der Waals surface area contributed by atoms with Gasteiger partial charge in [-0.25, -0.2) is 13.2 Å². The summed E-state index contributed by atoms with van der Waals surface area (Å²) in [6.07, 6.45) is 6.77. The van der Waals surface area contributed by atoms with E-state index >= 15 is 0 Å². The molecular weight excluding hydrogens is 386 g/mol. The van der Waals surface area contributed by atoms with Gasteiger partial charge in [0.1, 0.15) is 0 Å². The van der Waals surface area contributed by atoms with E-state index < -0.39 is 16.1 Å². The first-order valence-corrected chi connectivity index (χ1v) is 12.1. The van der Waals surface area contributed by atoms with Gasteiger partial charge in [0.2, 0.25) is 0 Å². The number of benzene rings is 1. The maximum atomic E-state index is 12.4. The van der Waals surface area contributed by atoms with Gasteiger partial charge >= 0.3 is 6.09 Å². The zero-order valence-corrected chi connectivity index (χ0v) is 17.2. The smallest absolute Gasteiger partial charge is 0.338 e. The van der Waals surface area contributed by atoms with Crippen molar-refractivity contribution < 1.29 is 18.0 Å². The lowest BCUT2D eigenvalue weighted by atomic mass is 10.0. The quantitative estimate of drug-likeness (QED) is 0.591. The fourth-order valence-corrected chi connectivity index (χ4v) is 5.66. The van der Waals surface area contributed by atoms with Crippen molar-refractivity contribution >= 4 is 27.9 Å². The highest BCUT2D eigenvalue weighted by atomic mass is 32.2. The molecule has 0 radical (unpaired) electrons. The molecule has 0 unspecified atom stereocenters. The summed E-state index contributed by atoms with van der Waals surface area (Å²) in [7, 11) is -3.91. The Hall–Kier alpha value is -1.29. The monoisotopic (exact) mass is 413 g/mol. The third-order valence-corrected chi connectivity index (χ3v) is 7.39. The Balaban J connectivity index is 1.51. The minimum atomic E-state index is -3.91. The maximum Gasteiger partial charge on any atom is 0.429 e. The van der Waals surface area contributed by atoms with Gasteiger partial charge in [0, 0.05) is 24.0 Å². The van der Waals surface area contributed by atoms with Gasteiger partial charge in [0.05, 0.1) is 4.90 Å². The van der Waals surface area contributed by atoms with E-state index in [1.54, 1.807) is 29.4 Å². The molecule has 1 N–H and O–H groups in total. The van der Waals surface area contributed by atoms with Crippen LogP contribution in [-0.2, 0) is 14.9 Å². The molecule has 0 aromatic heterocycles. The number of hydrogen-bond donors (Lipinski definition) is 1. The summed E-state index contributed by atoms with van der Waals surface area (Å²) in [5.74, 6) is 0. The topological polar surface area (TPSA) is 78.9 Å². The van der Waals surface area contributed by atoms with Gasteiger partial charge in [-0.15, -0.1) is 11.8 Å². The molecule has 1 amide bonds. The molecule has 0 atom stereocenters. The van der Waals surface area contributed by atoms with E-state index in [2.05, 4.69) is 4.90 Å². The molecule has 0 saturated carbocycles. The van der Waals surface area contributed by atoms with Crippen LogP contribution in [-0.4, -0.2) is 62.8 Å². The molecule has 2 aliphatic rings. The van der Waals surface area contributed by atoms with Crippen molar-refractivity contribution in [3.05, 3.63) is 24.3 Å². The second-order valence-electron chi connectivity index (χ2n) is 6.92. The van der Waals surface area contributed by atoms with Gasteiger partial charge in [-0.2, -0.15) is 0 Å². The summed E-state index contributed by atoms with van der Waals surface area (Å²) < 4.78 is 24.9. The lowest BCUT2D eigenvalue weighted by molar-refractivity contribution is 0.0552. The van der Waals surface area contributed by atoms with Gasteiger partial charge in [-0.3, -0.25) is 0 Å². The van der Waals surface area contributed by atoms with Crippen molar-refractivity contribution in [2.24, 2.45) is 0 Å². The van der Waals surface area contributed by atoms with Crippen LogP contribution in [0.1, 0.15) is 32.1 Å². The molecular formula is C18H27N3O4S2. The normalized spacial score (nSPS) is 19.8. The van der Waals surface area contributed by atoms with Crippen molar-refractivity contribution in [3.63, 3.8) is 0 Å². The average molecular weight is 414 g/mol. The van der Waals surface area contributed by atoms with E-state index in [1.807, 2.05) is 4.89 Å². The molecule has 27 heavy (non-hydrogen) atoms. The fourth-order valence-electron chi connectivity index (χ4n) is 3.74. The maximum absolute atomic E-state index is 12.4. The summed E-state index contributed by atoms with van der Waals surface area (Å²) in [5, 5.41) is 0. The molecule has 2 saturated heterocycles. The first-order chi connectivity index (χ1) is 13.0. The van der Waals surface area contributed by atoms with Crippen LogP contribution in [0.2, 0.25) is 0 Å². The number of sulfonamides is 1. The van der Waals surface area contributed by atoms with Gasteiger partial charge in [0.25, 0.3) is 10.0 Å². The number of nitrogens with one attached hydrogen (secondary N) is 1. The van der Waals surface area contributed by atoms with Crippen molar-refractivity contribution in [2.75, 3.05) is 32.4 Å². The van der Waals surface area contributed by atoms with E-state index in [0.29, 0.717) is 24.0 Å². The average Bonchev–Trinajstić information content (AvgIpc) is 2.73. The Morgan fingerprint density at radius 3 is 2.44 bits per heavy atom. The number of thioether (sulfide) groups is 1. The number of carbonyl (C=O) groups is 1. The van der Waals surface area contributed by atoms with Gasteiger partial charge < -0.3 is 14.6 Å². The molecule has 1 aromatic rings. The van der Waals surface area contributed by atoms with E-state index in [4.69, 9.17) is 4.84 Å². The lowest BCUT2D eigenvalue weighted by Crippen LogP contribution is -2.49. The molecule has 0 bridgehead atoms. The van der Waals surface area contributed by atoms with Crippen LogP contribution in [0.25, 0.3) is 0 Å². The molecule has 2 aliphatic heterocycles. The highest BCUT2D eigenvalue weighted by molar-refractivity contribution is 7.99. The predicted octanol–water partition coefficient (Wildman–Crippen LogP) is 2.69. The molecule has 1 aromatic carbocycles. The van der Waals surface area contributed by atoms with Crippen LogP contribution in [0.3, 0.4) is 0 Å². The second-order valence-corrected chi connectivity index (χ2v) is 9.38. The van der Waals surface area contributed by atoms with Crippen molar-refractivity contribution in [1.82, 2.24) is 14.7 Å². The molecule has 3 rings (SSSR count). The van der Waals surface area contributed by atoms with E-state index in [-0.39, 0.29) is 4.90 Å². The molecule has 2 fully saturated rings. The molecule has 0 aliphatic carbocycles. The Morgan fingerprint density at radius 1 is 1.11 bits per heavy atom. The molecule has 2 heterocycles. The van der Waals surface area contributed by atoms with Gasteiger partial charge in [-0.05, 0) is 62.0 Å². The first kappa shape index (κ1) is 20.4. The SMILES string of the molecule is CSc1ccccc1S(=O)(=O)NOC(=O)N1CCC(N2CCCCC2)CC1. The number of amides is 1. The largest absolute Gasteiger partial charge is 0.429 e. The minimum Gasteiger partial charge on any atom is -0.338 e. The molecule has 150 valence electrons. The standard InChI is InChI=1S/C18H27N3O4S2/c1-26-16-7-3-4-8-17(16)27(23,24)19-25-18(22)21-13-9-15(10-14-21)20-11-5-2-6-12-20/h3-4,7-8,15,19H,2,5-6,9-14H2,1H3. The van der Waals surface area contributed by atoms with Crippen LogP contribution in [0.5, 0.6) is 0 Å². The van der Waals surface area contributed by atoms with Crippen LogP contribution in [0.4, 0.5) is 4.79 Å². The zero-order chi connectivity index (χ0) is 19.3. The summed E-state index contributed by atoms with van der Waals surface area (Å²) >= 11 is 1.32. The Bertz CT molecular complexity index is 743. The number of nitrogens with zero attached hydrogens (tertiary/aromatic N) is 2. The number of rotatable bonds is 5. The number of likely N-dealkylation sites (tertiary alicyclic amines) is 2. The van der Waals surface area contributed by atoms with E-state index in [9.17, 15) is 13.2 Å². The molecule has 7 nitrogen and oxygen atoms in total. The van der Waals surface area contributed by atoms with Gasteiger partial charge in [-0.1, -0.05) is 18.6 Å². The third-order valence-electron chi connectivity index (χ3n) is 5.23. The number of piperidine rings is 2. The highest BCUT2D eigenvalue weighted by Gasteiger charge is 2.29. The van der Waals surface area contributed by atoms with E-state index in [1.165, 1.54) is 37.1 Å². The molecule has 0 spiro atoms. The third kappa shape index (κ3) is 5.16. The van der Waals surface area contributed by atoms with Gasteiger partial charge in [0.15, 0.2) is 0 Å². The molecule has 9 heteroatoms. The minimum absolute atomic E-state index is 0.106. The second kappa shape index (κ2) is 9.27. The van der Waals surface area contributed by atoms with Crippen LogP contribution in [0.15, 0.2) is 34.1 Å². The van der Waals surface area contributed by atoms with Crippen LogP contribution in [0, 0.1) is 0 Å². The summed E-state index contributed by atoms with van der Waals surface area (Å²) in [5.41, 5.74) is 0. The summed E-state index contributed by atoms with van der Waals surface area (Å²) in [6, 6.07) is 7.13. The fraction of sp³-hybridized carbons (Fsp3) is 0.611. The summed E-state index contributed by atoms with van der Waals surface area (Å²) in [6.45, 7) is 3.46. The first-order valence-electron chi connectivity index (χ1n) is 9.36. The highest BCUT2D eigenvalue weighted by Crippen LogP contribution is 2.24. The van der Waals surface area contributed by atoms with Crippen LogP contribution >= 0.6 is 11.8 Å².